The number of aryl methyl sites for hydroxylation is 1. The van der Waals surface area contributed by atoms with Crippen molar-refractivity contribution in [1.82, 2.24) is 14.8 Å². The van der Waals surface area contributed by atoms with Gasteiger partial charge < -0.3 is 9.25 Å². The summed E-state index contributed by atoms with van der Waals surface area (Å²) in [5, 5.41) is 8.74. The summed E-state index contributed by atoms with van der Waals surface area (Å²) in [6, 6.07) is 7.38. The molecule has 0 atom stereocenters. The van der Waals surface area contributed by atoms with Gasteiger partial charge in [-0.15, -0.1) is 0 Å². The average Bonchev–Trinajstić information content (AvgIpc) is 3.17. The minimum Gasteiger partial charge on any atom is -0.444 e. The summed E-state index contributed by atoms with van der Waals surface area (Å²) >= 11 is 6.12. The fourth-order valence-electron chi connectivity index (χ4n) is 1.99. The van der Waals surface area contributed by atoms with Crippen LogP contribution in [0.5, 0.6) is 0 Å². The zero-order valence-electron chi connectivity index (χ0n) is 12.7. The number of rotatable bonds is 5. The van der Waals surface area contributed by atoms with E-state index in [4.69, 9.17) is 20.9 Å². The molecule has 0 aliphatic carbocycles. The molecule has 6 nitrogen and oxygen atoms in total. The van der Waals surface area contributed by atoms with E-state index in [9.17, 15) is 0 Å². The second-order valence-corrected chi connectivity index (χ2v) is 5.38. The molecule has 0 N–H and O–H groups in total. The lowest BCUT2D eigenvalue weighted by atomic mass is 10.2. The minimum atomic E-state index is 0.214. The van der Waals surface area contributed by atoms with Gasteiger partial charge >= 0.3 is 0 Å². The molecular formula is C16H15ClN4O2. The second-order valence-electron chi connectivity index (χ2n) is 4.98. The molecule has 0 fully saturated rings. The quantitative estimate of drug-likeness (QED) is 0.529. The van der Waals surface area contributed by atoms with E-state index in [2.05, 4.69) is 15.2 Å². The van der Waals surface area contributed by atoms with Gasteiger partial charge in [0.05, 0.1) is 22.5 Å². The molecule has 0 saturated heterocycles. The summed E-state index contributed by atoms with van der Waals surface area (Å²) in [6.45, 7) is 2.07. The summed E-state index contributed by atoms with van der Waals surface area (Å²) < 4.78 is 7.15. The molecule has 2 heterocycles. The molecule has 0 unspecified atom stereocenters. The number of nitrogens with zero attached hydrogens (tertiary/aromatic N) is 4. The lowest BCUT2D eigenvalue weighted by Gasteiger charge is -1.98. The Bertz CT molecular complexity index is 838. The van der Waals surface area contributed by atoms with E-state index in [0.717, 1.165) is 16.8 Å². The van der Waals surface area contributed by atoms with E-state index in [0.29, 0.717) is 16.6 Å². The molecule has 0 radical (unpaired) electrons. The maximum absolute atomic E-state index is 6.12. The first kappa shape index (κ1) is 15.3. The van der Waals surface area contributed by atoms with Crippen molar-refractivity contribution in [2.24, 2.45) is 12.2 Å². The highest BCUT2D eigenvalue weighted by Crippen LogP contribution is 2.26. The summed E-state index contributed by atoms with van der Waals surface area (Å²) in [6.07, 6.45) is 5.13. The van der Waals surface area contributed by atoms with Crippen LogP contribution in [0.1, 0.15) is 18.2 Å². The van der Waals surface area contributed by atoms with E-state index in [1.807, 2.05) is 38.4 Å². The van der Waals surface area contributed by atoms with E-state index >= 15 is 0 Å². The van der Waals surface area contributed by atoms with Crippen molar-refractivity contribution in [2.45, 2.75) is 13.5 Å². The summed E-state index contributed by atoms with van der Waals surface area (Å²) in [5.41, 5.74) is 3.04. The molecule has 23 heavy (non-hydrogen) atoms. The lowest BCUT2D eigenvalue weighted by molar-refractivity contribution is 0.127. The summed E-state index contributed by atoms with van der Waals surface area (Å²) in [5.74, 6) is 0.460. The SMILES string of the molecule is CC(=NOCc1coc(-c2ccccc2Cl)n1)c1cnn(C)c1. The molecule has 2 aromatic heterocycles. The third-order valence-corrected chi connectivity index (χ3v) is 3.52. The first-order chi connectivity index (χ1) is 11.1. The molecule has 0 spiro atoms. The monoisotopic (exact) mass is 330 g/mol. The van der Waals surface area contributed by atoms with Crippen LogP contribution in [-0.4, -0.2) is 20.5 Å². The van der Waals surface area contributed by atoms with Gasteiger partial charge in [0.2, 0.25) is 5.89 Å². The Morgan fingerprint density at radius 1 is 1.39 bits per heavy atom. The van der Waals surface area contributed by atoms with Gasteiger partial charge in [0.25, 0.3) is 0 Å². The Labute approximate surface area is 138 Å². The predicted molar refractivity (Wildman–Crippen MR) is 87.2 cm³/mol. The Hall–Kier alpha value is -2.60. The van der Waals surface area contributed by atoms with Crippen molar-refractivity contribution in [3.8, 4) is 11.5 Å². The van der Waals surface area contributed by atoms with Crippen molar-refractivity contribution < 1.29 is 9.25 Å². The summed E-state index contributed by atoms with van der Waals surface area (Å²) in [4.78, 5) is 9.67. The van der Waals surface area contributed by atoms with Crippen molar-refractivity contribution >= 4 is 17.3 Å². The third kappa shape index (κ3) is 3.60. The molecule has 0 aliphatic rings. The predicted octanol–water partition coefficient (Wildman–Crippen LogP) is 3.67. The smallest absolute Gasteiger partial charge is 0.227 e. The Balaban J connectivity index is 1.65. The van der Waals surface area contributed by atoms with Crippen LogP contribution < -0.4 is 0 Å². The van der Waals surface area contributed by atoms with Crippen molar-refractivity contribution in [3.63, 3.8) is 0 Å². The van der Waals surface area contributed by atoms with Crippen LogP contribution in [-0.2, 0) is 18.5 Å². The molecule has 0 saturated carbocycles. The molecule has 0 aliphatic heterocycles. The van der Waals surface area contributed by atoms with Crippen LogP contribution in [0.15, 0.2) is 52.5 Å². The van der Waals surface area contributed by atoms with Crippen LogP contribution in [0.25, 0.3) is 11.5 Å². The number of hydrogen-bond donors (Lipinski definition) is 0. The minimum absolute atomic E-state index is 0.214. The highest BCUT2D eigenvalue weighted by Gasteiger charge is 2.10. The van der Waals surface area contributed by atoms with Crippen LogP contribution in [0, 0.1) is 0 Å². The number of halogens is 1. The number of hydrogen-bond acceptors (Lipinski definition) is 5. The van der Waals surface area contributed by atoms with Gasteiger partial charge in [-0.25, -0.2) is 4.98 Å². The van der Waals surface area contributed by atoms with E-state index < -0.39 is 0 Å². The first-order valence-corrected chi connectivity index (χ1v) is 7.36. The molecule has 7 heteroatoms. The second kappa shape index (κ2) is 6.66. The Morgan fingerprint density at radius 2 is 2.22 bits per heavy atom. The molecule has 3 rings (SSSR count). The van der Waals surface area contributed by atoms with Crippen LogP contribution >= 0.6 is 11.6 Å². The number of benzene rings is 1. The topological polar surface area (TPSA) is 65.4 Å². The van der Waals surface area contributed by atoms with Gasteiger partial charge in [-0.05, 0) is 19.1 Å². The normalized spacial score (nSPS) is 11.7. The zero-order valence-corrected chi connectivity index (χ0v) is 13.5. The maximum atomic E-state index is 6.12. The van der Waals surface area contributed by atoms with Crippen molar-refractivity contribution in [3.05, 3.63) is 59.2 Å². The van der Waals surface area contributed by atoms with Gasteiger partial charge in [0.15, 0.2) is 6.61 Å². The first-order valence-electron chi connectivity index (χ1n) is 6.98. The van der Waals surface area contributed by atoms with Crippen LogP contribution in [0.3, 0.4) is 0 Å². The number of aromatic nitrogens is 3. The Kier molecular flexibility index (Phi) is 4.43. The third-order valence-electron chi connectivity index (χ3n) is 3.19. The van der Waals surface area contributed by atoms with E-state index in [-0.39, 0.29) is 6.61 Å². The standard InChI is InChI=1S/C16H15ClN4O2/c1-11(12-7-18-21(2)8-12)20-23-10-13-9-22-16(19-13)14-5-3-4-6-15(14)17/h3-9H,10H2,1-2H3. The molecular weight excluding hydrogens is 316 g/mol. The van der Waals surface area contributed by atoms with Crippen molar-refractivity contribution in [1.29, 1.82) is 0 Å². The van der Waals surface area contributed by atoms with E-state index in [1.54, 1.807) is 16.9 Å². The molecule has 0 bridgehead atoms. The highest BCUT2D eigenvalue weighted by atomic mass is 35.5. The number of oxime groups is 1. The fourth-order valence-corrected chi connectivity index (χ4v) is 2.20. The van der Waals surface area contributed by atoms with Gasteiger partial charge in [-0.2, -0.15) is 5.10 Å². The van der Waals surface area contributed by atoms with E-state index in [1.165, 1.54) is 6.26 Å². The summed E-state index contributed by atoms with van der Waals surface area (Å²) in [7, 11) is 1.85. The van der Waals surface area contributed by atoms with Gasteiger partial charge in [-0.1, -0.05) is 28.9 Å². The van der Waals surface area contributed by atoms with Crippen LogP contribution in [0.4, 0.5) is 0 Å². The number of oxazole rings is 1. The van der Waals surface area contributed by atoms with Crippen LogP contribution in [0.2, 0.25) is 5.02 Å². The van der Waals surface area contributed by atoms with Gasteiger partial charge in [-0.3, -0.25) is 4.68 Å². The fraction of sp³-hybridized carbons (Fsp3) is 0.188. The van der Waals surface area contributed by atoms with Gasteiger partial charge in [0.1, 0.15) is 12.0 Å². The Morgan fingerprint density at radius 3 is 2.96 bits per heavy atom. The molecule has 3 aromatic rings. The van der Waals surface area contributed by atoms with Crippen molar-refractivity contribution in [2.75, 3.05) is 0 Å². The average molecular weight is 331 g/mol. The molecule has 118 valence electrons. The zero-order chi connectivity index (χ0) is 16.2. The molecule has 0 amide bonds. The highest BCUT2D eigenvalue weighted by molar-refractivity contribution is 6.33. The lowest BCUT2D eigenvalue weighted by Crippen LogP contribution is -1.96. The molecule has 1 aromatic carbocycles. The van der Waals surface area contributed by atoms with Gasteiger partial charge in [0, 0.05) is 18.8 Å². The largest absolute Gasteiger partial charge is 0.444 e. The maximum Gasteiger partial charge on any atom is 0.227 e.